The maximum atomic E-state index is 11.1. The van der Waals surface area contributed by atoms with Crippen LogP contribution in [0.5, 0.6) is 5.75 Å². The van der Waals surface area contributed by atoms with Crippen LogP contribution in [0.15, 0.2) is 24.3 Å². The zero-order valence-electron chi connectivity index (χ0n) is 11.2. The number of hydrogen-bond donors (Lipinski definition) is 1. The van der Waals surface area contributed by atoms with Gasteiger partial charge in [-0.2, -0.15) is 0 Å². The number of aryl methyl sites for hydroxylation is 2. The van der Waals surface area contributed by atoms with Gasteiger partial charge in [0.15, 0.2) is 0 Å². The first kappa shape index (κ1) is 12.0. The number of carbonyl (C=O) groups is 1. The van der Waals surface area contributed by atoms with Crippen molar-refractivity contribution in [1.82, 2.24) is 0 Å². The predicted octanol–water partition coefficient (Wildman–Crippen LogP) is 3.59. The Balaban J connectivity index is 2.23. The number of fused-ring (bicyclic) bond motifs is 1. The number of carbonyl (C=O) groups excluding carboxylic acids is 1. The Morgan fingerprint density at radius 3 is 2.42 bits per heavy atom. The summed E-state index contributed by atoms with van der Waals surface area (Å²) >= 11 is 0. The van der Waals surface area contributed by atoms with E-state index >= 15 is 0 Å². The summed E-state index contributed by atoms with van der Waals surface area (Å²) in [4.78, 5) is 11.1. The number of aromatic hydroxyl groups is 1. The second-order valence-electron chi connectivity index (χ2n) is 5.23. The minimum atomic E-state index is 0.408. The highest BCUT2D eigenvalue weighted by Crippen LogP contribution is 2.41. The highest BCUT2D eigenvalue weighted by atomic mass is 16.3. The van der Waals surface area contributed by atoms with Crippen molar-refractivity contribution in [3.05, 3.63) is 52.1 Å². The fourth-order valence-corrected chi connectivity index (χ4v) is 2.86. The van der Waals surface area contributed by atoms with E-state index in [4.69, 9.17) is 0 Å². The summed E-state index contributed by atoms with van der Waals surface area (Å²) in [5.74, 6) is 0.408. The molecule has 2 heteroatoms. The van der Waals surface area contributed by atoms with Crippen LogP contribution in [0.25, 0.3) is 11.1 Å². The van der Waals surface area contributed by atoms with Crippen LogP contribution in [0, 0.1) is 13.8 Å². The molecule has 0 saturated heterocycles. The molecular weight excluding hydrogens is 236 g/mol. The van der Waals surface area contributed by atoms with Gasteiger partial charge in [0.2, 0.25) is 0 Å². The van der Waals surface area contributed by atoms with Gasteiger partial charge in [-0.25, -0.2) is 0 Å². The third kappa shape index (κ3) is 1.75. The Morgan fingerprint density at radius 1 is 1.05 bits per heavy atom. The molecule has 0 bridgehead atoms. The van der Waals surface area contributed by atoms with Crippen LogP contribution in [0.1, 0.15) is 32.6 Å². The summed E-state index contributed by atoms with van der Waals surface area (Å²) in [6, 6.07) is 7.81. The van der Waals surface area contributed by atoms with E-state index in [1.165, 1.54) is 11.1 Å². The zero-order chi connectivity index (χ0) is 13.6. The molecule has 2 nitrogen and oxygen atoms in total. The van der Waals surface area contributed by atoms with Crippen LogP contribution in [0.4, 0.5) is 0 Å². The van der Waals surface area contributed by atoms with Gasteiger partial charge in [-0.15, -0.1) is 0 Å². The van der Waals surface area contributed by atoms with Gasteiger partial charge in [-0.05, 0) is 72.2 Å². The number of rotatable bonds is 2. The van der Waals surface area contributed by atoms with E-state index in [1.54, 1.807) is 0 Å². The molecule has 2 aromatic carbocycles. The third-order valence-electron chi connectivity index (χ3n) is 4.04. The van der Waals surface area contributed by atoms with Crippen LogP contribution in [0.3, 0.4) is 0 Å². The van der Waals surface area contributed by atoms with Gasteiger partial charge >= 0.3 is 0 Å². The monoisotopic (exact) mass is 252 g/mol. The molecular formula is C17H16O2. The highest BCUT2D eigenvalue weighted by Gasteiger charge is 2.23. The summed E-state index contributed by atoms with van der Waals surface area (Å²) in [5, 5.41) is 9.89. The van der Waals surface area contributed by atoms with E-state index in [0.29, 0.717) is 5.75 Å². The topological polar surface area (TPSA) is 37.3 Å². The molecule has 19 heavy (non-hydrogen) atoms. The van der Waals surface area contributed by atoms with Crippen molar-refractivity contribution < 1.29 is 9.90 Å². The van der Waals surface area contributed by atoms with Gasteiger partial charge in [0.05, 0.1) is 0 Å². The number of hydrogen-bond acceptors (Lipinski definition) is 2. The summed E-state index contributed by atoms with van der Waals surface area (Å²) in [6.45, 7) is 3.95. The summed E-state index contributed by atoms with van der Waals surface area (Å²) in [7, 11) is 0. The Bertz CT molecular complexity index is 684. The van der Waals surface area contributed by atoms with Crippen LogP contribution >= 0.6 is 0 Å². The molecule has 0 unspecified atom stereocenters. The summed E-state index contributed by atoms with van der Waals surface area (Å²) in [5.41, 5.74) is 7.35. The Morgan fingerprint density at radius 2 is 1.79 bits per heavy atom. The number of phenolic OH excluding ortho intramolecular Hbond substituents is 1. The van der Waals surface area contributed by atoms with Gasteiger partial charge < -0.3 is 5.11 Å². The molecule has 96 valence electrons. The smallest absolute Gasteiger partial charge is 0.150 e. The molecule has 2 aromatic rings. The maximum Gasteiger partial charge on any atom is 0.150 e. The van der Waals surface area contributed by atoms with Crippen molar-refractivity contribution >= 4 is 6.29 Å². The van der Waals surface area contributed by atoms with Crippen molar-refractivity contribution in [1.29, 1.82) is 0 Å². The fraction of sp³-hybridized carbons (Fsp3) is 0.235. The van der Waals surface area contributed by atoms with Crippen molar-refractivity contribution in [2.45, 2.75) is 26.7 Å². The molecule has 3 rings (SSSR count). The predicted molar refractivity (Wildman–Crippen MR) is 75.8 cm³/mol. The van der Waals surface area contributed by atoms with E-state index in [9.17, 15) is 9.90 Å². The van der Waals surface area contributed by atoms with Crippen molar-refractivity contribution in [2.75, 3.05) is 0 Å². The van der Waals surface area contributed by atoms with Crippen LogP contribution in [-0.4, -0.2) is 11.4 Å². The van der Waals surface area contributed by atoms with Crippen LogP contribution in [0.2, 0.25) is 0 Å². The molecule has 1 aliphatic carbocycles. The standard InChI is InChI=1S/C17H16O2/c1-10-3-4-12(8-13(10)9-18)17-11(2)7-16(19)14-5-6-15(14)17/h3-4,7-9,19H,5-6H2,1-2H3. The average molecular weight is 252 g/mol. The first-order chi connectivity index (χ1) is 9.11. The molecule has 0 radical (unpaired) electrons. The van der Waals surface area contributed by atoms with Crippen molar-refractivity contribution in [2.24, 2.45) is 0 Å². The van der Waals surface area contributed by atoms with E-state index in [-0.39, 0.29) is 0 Å². The van der Waals surface area contributed by atoms with Crippen LogP contribution < -0.4 is 0 Å². The van der Waals surface area contributed by atoms with E-state index in [2.05, 4.69) is 6.07 Å². The lowest BCUT2D eigenvalue weighted by Gasteiger charge is -2.26. The number of aldehydes is 1. The molecule has 0 aromatic heterocycles. The first-order valence-electron chi connectivity index (χ1n) is 6.52. The molecule has 1 aliphatic rings. The Hall–Kier alpha value is -2.09. The zero-order valence-corrected chi connectivity index (χ0v) is 11.2. The number of benzene rings is 2. The van der Waals surface area contributed by atoms with Gasteiger partial charge in [0.1, 0.15) is 12.0 Å². The molecule has 0 amide bonds. The molecule has 0 fully saturated rings. The van der Waals surface area contributed by atoms with Crippen LogP contribution in [-0.2, 0) is 12.8 Å². The summed E-state index contributed by atoms with van der Waals surface area (Å²) in [6.07, 6.45) is 2.85. The normalized spacial score (nSPS) is 12.7. The second kappa shape index (κ2) is 4.23. The molecule has 0 aliphatic heterocycles. The number of phenols is 1. The fourth-order valence-electron chi connectivity index (χ4n) is 2.86. The van der Waals surface area contributed by atoms with Gasteiger partial charge in [-0.3, -0.25) is 4.79 Å². The highest BCUT2D eigenvalue weighted by molar-refractivity contribution is 5.83. The summed E-state index contributed by atoms with van der Waals surface area (Å²) < 4.78 is 0. The molecule has 0 atom stereocenters. The third-order valence-corrected chi connectivity index (χ3v) is 4.04. The largest absolute Gasteiger partial charge is 0.508 e. The minimum absolute atomic E-state index is 0.408. The Labute approximate surface area is 112 Å². The molecule has 0 heterocycles. The first-order valence-corrected chi connectivity index (χ1v) is 6.52. The minimum Gasteiger partial charge on any atom is -0.508 e. The lowest BCUT2D eigenvalue weighted by Crippen LogP contribution is -2.11. The van der Waals surface area contributed by atoms with Gasteiger partial charge in [-0.1, -0.05) is 12.1 Å². The van der Waals surface area contributed by atoms with Gasteiger partial charge in [0.25, 0.3) is 0 Å². The molecule has 1 N–H and O–H groups in total. The Kier molecular flexibility index (Phi) is 2.67. The quantitative estimate of drug-likeness (QED) is 0.829. The second-order valence-corrected chi connectivity index (χ2v) is 5.23. The van der Waals surface area contributed by atoms with E-state index < -0.39 is 0 Å². The van der Waals surface area contributed by atoms with Gasteiger partial charge in [0, 0.05) is 5.56 Å². The maximum absolute atomic E-state index is 11.1. The average Bonchev–Trinajstić information content (AvgIpc) is 2.33. The van der Waals surface area contributed by atoms with E-state index in [0.717, 1.165) is 46.9 Å². The lowest BCUT2D eigenvalue weighted by molar-refractivity contribution is 0.112. The van der Waals surface area contributed by atoms with Crippen molar-refractivity contribution in [3.63, 3.8) is 0 Å². The van der Waals surface area contributed by atoms with Crippen molar-refractivity contribution in [3.8, 4) is 16.9 Å². The molecule has 0 spiro atoms. The lowest BCUT2D eigenvalue weighted by atomic mass is 9.79. The van der Waals surface area contributed by atoms with E-state index in [1.807, 2.05) is 32.0 Å². The SMILES string of the molecule is Cc1ccc(-c2c(C)cc(O)c3c2CC3)cc1C=O. The molecule has 0 saturated carbocycles.